The maximum Gasteiger partial charge on any atom is 0.133 e. The van der Waals surface area contributed by atoms with Crippen molar-refractivity contribution < 1.29 is 4.74 Å². The van der Waals surface area contributed by atoms with E-state index in [1.165, 1.54) is 32.5 Å². The predicted molar refractivity (Wildman–Crippen MR) is 92.4 cm³/mol. The van der Waals surface area contributed by atoms with Gasteiger partial charge in [-0.15, -0.1) is 0 Å². The largest absolute Gasteiger partial charge is 0.491 e. The van der Waals surface area contributed by atoms with Gasteiger partial charge in [-0.25, -0.2) is 0 Å². The molecule has 0 saturated carbocycles. The molecule has 0 spiro atoms. The van der Waals surface area contributed by atoms with Crippen LogP contribution in [0.2, 0.25) is 5.02 Å². The van der Waals surface area contributed by atoms with Gasteiger partial charge in [0.15, 0.2) is 0 Å². The Balaban J connectivity index is 1.66. The first-order valence-corrected chi connectivity index (χ1v) is 8.87. The molecule has 1 fully saturated rings. The second kappa shape index (κ2) is 8.99. The van der Waals surface area contributed by atoms with Gasteiger partial charge in [0.25, 0.3) is 0 Å². The molecule has 5 heteroatoms. The van der Waals surface area contributed by atoms with Crippen molar-refractivity contribution in [3.8, 4) is 5.75 Å². The summed E-state index contributed by atoms with van der Waals surface area (Å²) in [5.41, 5.74) is 0. The van der Waals surface area contributed by atoms with E-state index in [2.05, 4.69) is 33.1 Å². The lowest BCUT2D eigenvalue weighted by molar-refractivity contribution is 0.154. The van der Waals surface area contributed by atoms with E-state index in [0.29, 0.717) is 0 Å². The van der Waals surface area contributed by atoms with Crippen LogP contribution in [0.15, 0.2) is 22.7 Å². The van der Waals surface area contributed by atoms with Crippen molar-refractivity contribution in [2.24, 2.45) is 5.92 Å². The summed E-state index contributed by atoms with van der Waals surface area (Å²) in [5.74, 6) is 1.70. The number of nitrogens with zero attached hydrogens (tertiary/aromatic N) is 1. The van der Waals surface area contributed by atoms with Crippen LogP contribution < -0.4 is 10.1 Å². The fourth-order valence-electron chi connectivity index (χ4n) is 2.64. The summed E-state index contributed by atoms with van der Waals surface area (Å²) >= 11 is 9.40. The van der Waals surface area contributed by atoms with Crippen molar-refractivity contribution in [1.82, 2.24) is 10.2 Å². The standard InChI is InChI=1S/C16H24BrClN2O/c1-2-19-12-13-5-7-20(8-6-13)9-10-21-16-4-3-14(18)11-15(16)17/h3-4,11,13,19H,2,5-10,12H2,1H3. The second-order valence-electron chi connectivity index (χ2n) is 5.52. The van der Waals surface area contributed by atoms with Gasteiger partial charge in [-0.3, -0.25) is 4.90 Å². The Morgan fingerprint density at radius 1 is 1.38 bits per heavy atom. The molecule has 0 bridgehead atoms. The summed E-state index contributed by atoms with van der Waals surface area (Å²) in [6, 6.07) is 5.63. The first kappa shape index (κ1) is 17.1. The molecule has 1 aromatic rings. The van der Waals surface area contributed by atoms with Gasteiger partial charge in [-0.1, -0.05) is 18.5 Å². The van der Waals surface area contributed by atoms with Crippen LogP contribution in [0.4, 0.5) is 0 Å². The van der Waals surface area contributed by atoms with Crippen LogP contribution in [-0.2, 0) is 0 Å². The number of halogens is 2. The van der Waals surface area contributed by atoms with Crippen LogP contribution in [0.3, 0.4) is 0 Å². The highest BCUT2D eigenvalue weighted by atomic mass is 79.9. The molecule has 0 aliphatic carbocycles. The van der Waals surface area contributed by atoms with Crippen molar-refractivity contribution in [3.05, 3.63) is 27.7 Å². The van der Waals surface area contributed by atoms with E-state index in [1.807, 2.05) is 18.2 Å². The zero-order valence-electron chi connectivity index (χ0n) is 12.6. The molecular weight excluding hydrogens is 352 g/mol. The minimum absolute atomic E-state index is 0.719. The van der Waals surface area contributed by atoms with Crippen molar-refractivity contribution in [1.29, 1.82) is 0 Å². The highest BCUT2D eigenvalue weighted by molar-refractivity contribution is 9.10. The molecule has 118 valence electrons. The molecule has 1 aromatic carbocycles. The summed E-state index contributed by atoms with van der Waals surface area (Å²) in [6.45, 7) is 8.48. The fraction of sp³-hybridized carbons (Fsp3) is 0.625. The number of benzene rings is 1. The van der Waals surface area contributed by atoms with Gasteiger partial charge in [0.1, 0.15) is 12.4 Å². The van der Waals surface area contributed by atoms with Crippen LogP contribution in [-0.4, -0.2) is 44.2 Å². The van der Waals surface area contributed by atoms with Crippen molar-refractivity contribution in [3.63, 3.8) is 0 Å². The molecule has 0 aromatic heterocycles. The average Bonchev–Trinajstić information content (AvgIpc) is 2.48. The number of ether oxygens (including phenoxy) is 1. The molecule has 0 atom stereocenters. The van der Waals surface area contributed by atoms with Crippen molar-refractivity contribution >= 4 is 27.5 Å². The predicted octanol–water partition coefficient (Wildman–Crippen LogP) is 3.80. The Morgan fingerprint density at radius 3 is 2.81 bits per heavy atom. The first-order valence-electron chi connectivity index (χ1n) is 7.70. The summed E-state index contributed by atoms with van der Waals surface area (Å²) < 4.78 is 6.74. The summed E-state index contributed by atoms with van der Waals surface area (Å²) in [6.07, 6.45) is 2.58. The Labute approximate surface area is 141 Å². The molecule has 3 nitrogen and oxygen atoms in total. The van der Waals surface area contributed by atoms with Crippen LogP contribution in [0.1, 0.15) is 19.8 Å². The van der Waals surface area contributed by atoms with Gasteiger partial charge in [0.2, 0.25) is 0 Å². The minimum atomic E-state index is 0.719. The second-order valence-corrected chi connectivity index (χ2v) is 6.81. The number of hydrogen-bond acceptors (Lipinski definition) is 3. The Hall–Kier alpha value is -0.290. The number of nitrogens with one attached hydrogen (secondary N) is 1. The van der Waals surface area contributed by atoms with E-state index < -0.39 is 0 Å². The maximum atomic E-state index is 5.92. The average molecular weight is 376 g/mol. The first-order chi connectivity index (χ1) is 10.2. The van der Waals surface area contributed by atoms with Crippen LogP contribution in [0, 0.1) is 5.92 Å². The zero-order valence-corrected chi connectivity index (χ0v) is 14.9. The molecule has 1 N–H and O–H groups in total. The minimum Gasteiger partial charge on any atom is -0.491 e. The van der Waals surface area contributed by atoms with Gasteiger partial charge in [-0.2, -0.15) is 0 Å². The highest BCUT2D eigenvalue weighted by Gasteiger charge is 2.18. The van der Waals surface area contributed by atoms with E-state index in [0.717, 1.165) is 40.9 Å². The van der Waals surface area contributed by atoms with Crippen LogP contribution in [0.25, 0.3) is 0 Å². The SMILES string of the molecule is CCNCC1CCN(CCOc2ccc(Cl)cc2Br)CC1. The lowest BCUT2D eigenvalue weighted by Gasteiger charge is -2.31. The Bertz CT molecular complexity index is 436. The molecule has 0 radical (unpaired) electrons. The zero-order chi connectivity index (χ0) is 15.1. The summed E-state index contributed by atoms with van der Waals surface area (Å²) in [7, 11) is 0. The monoisotopic (exact) mass is 374 g/mol. The van der Waals surface area contributed by atoms with Gasteiger partial charge in [0.05, 0.1) is 4.47 Å². The van der Waals surface area contributed by atoms with Crippen LogP contribution >= 0.6 is 27.5 Å². The molecule has 1 aliphatic rings. The van der Waals surface area contributed by atoms with E-state index in [4.69, 9.17) is 16.3 Å². The number of likely N-dealkylation sites (tertiary alicyclic amines) is 1. The van der Waals surface area contributed by atoms with Crippen LogP contribution in [0.5, 0.6) is 5.75 Å². The van der Waals surface area contributed by atoms with E-state index in [1.54, 1.807) is 0 Å². The third-order valence-corrected chi connectivity index (χ3v) is 4.80. The maximum absolute atomic E-state index is 5.92. The summed E-state index contributed by atoms with van der Waals surface area (Å²) in [5, 5.41) is 4.17. The lowest BCUT2D eigenvalue weighted by atomic mass is 9.97. The Morgan fingerprint density at radius 2 is 2.14 bits per heavy atom. The highest BCUT2D eigenvalue weighted by Crippen LogP contribution is 2.28. The molecule has 1 aliphatic heterocycles. The van der Waals surface area contributed by atoms with E-state index >= 15 is 0 Å². The van der Waals surface area contributed by atoms with E-state index in [9.17, 15) is 0 Å². The summed E-state index contributed by atoms with van der Waals surface area (Å²) in [4.78, 5) is 2.49. The smallest absolute Gasteiger partial charge is 0.133 e. The van der Waals surface area contributed by atoms with Crippen molar-refractivity contribution in [2.75, 3.05) is 39.3 Å². The van der Waals surface area contributed by atoms with Gasteiger partial charge < -0.3 is 10.1 Å². The molecule has 1 saturated heterocycles. The number of rotatable bonds is 7. The van der Waals surface area contributed by atoms with Gasteiger partial charge >= 0.3 is 0 Å². The Kier molecular flexibility index (Phi) is 7.30. The molecule has 0 unspecified atom stereocenters. The van der Waals surface area contributed by atoms with Gasteiger partial charge in [-0.05, 0) is 79.1 Å². The molecular formula is C16H24BrClN2O. The molecule has 1 heterocycles. The third kappa shape index (κ3) is 5.78. The lowest BCUT2D eigenvalue weighted by Crippen LogP contribution is -2.39. The van der Waals surface area contributed by atoms with Gasteiger partial charge in [0, 0.05) is 11.6 Å². The molecule has 21 heavy (non-hydrogen) atoms. The van der Waals surface area contributed by atoms with Crippen molar-refractivity contribution in [2.45, 2.75) is 19.8 Å². The number of hydrogen-bond donors (Lipinski definition) is 1. The number of piperidine rings is 1. The topological polar surface area (TPSA) is 24.5 Å². The molecule has 2 rings (SSSR count). The fourth-order valence-corrected chi connectivity index (χ4v) is 3.44. The molecule has 0 amide bonds. The third-order valence-electron chi connectivity index (χ3n) is 3.95. The van der Waals surface area contributed by atoms with E-state index in [-0.39, 0.29) is 0 Å². The quantitative estimate of drug-likeness (QED) is 0.784. The normalized spacial score (nSPS) is 17.1.